The average Bonchev–Trinajstić information content (AvgIpc) is 2.48. The maximum absolute atomic E-state index is 12.0. The molecule has 0 aliphatic carbocycles. The van der Waals surface area contributed by atoms with Crippen LogP contribution in [0.5, 0.6) is 0 Å². The molecule has 0 unspecified atom stereocenters. The van der Waals surface area contributed by atoms with Crippen molar-refractivity contribution in [1.82, 2.24) is 14.9 Å². The van der Waals surface area contributed by atoms with Crippen molar-refractivity contribution in [1.29, 1.82) is 0 Å². The molecule has 1 saturated heterocycles. The lowest BCUT2D eigenvalue weighted by Gasteiger charge is -2.26. The van der Waals surface area contributed by atoms with E-state index in [1.807, 2.05) is 11.0 Å². The lowest BCUT2D eigenvalue weighted by atomic mass is 10.1. The molecule has 0 spiro atoms. The van der Waals surface area contributed by atoms with Crippen LogP contribution in [-0.4, -0.2) is 53.6 Å². The van der Waals surface area contributed by atoms with Crippen molar-refractivity contribution in [3.8, 4) is 0 Å². The zero-order chi connectivity index (χ0) is 14.4. The van der Waals surface area contributed by atoms with Crippen molar-refractivity contribution >= 4 is 11.7 Å². The second-order valence-corrected chi connectivity index (χ2v) is 5.15. The van der Waals surface area contributed by atoms with Crippen LogP contribution in [0.25, 0.3) is 0 Å². The molecule has 0 radical (unpaired) electrons. The maximum atomic E-state index is 12.0. The molecule has 0 aromatic carbocycles. The number of hydrogen-bond donors (Lipinski definition) is 1. The van der Waals surface area contributed by atoms with Gasteiger partial charge in [-0.2, -0.15) is 0 Å². The molecule has 110 valence electrons. The first kappa shape index (κ1) is 14.7. The predicted octanol–water partition coefficient (Wildman–Crippen LogP) is 1.26. The Balaban J connectivity index is 1.77. The maximum Gasteiger partial charge on any atom is 0.224 e. The Hall–Kier alpha value is -1.69. The van der Waals surface area contributed by atoms with E-state index < -0.39 is 0 Å². The molecule has 6 nitrogen and oxygen atoms in total. The molecule has 0 bridgehead atoms. The Kier molecular flexibility index (Phi) is 5.29. The average molecular weight is 278 g/mol. The Morgan fingerprint density at radius 2 is 2.15 bits per heavy atom. The largest absolute Gasteiger partial charge is 0.378 e. The number of ether oxygens (including phenoxy) is 1. The fourth-order valence-corrected chi connectivity index (χ4v) is 2.05. The van der Waals surface area contributed by atoms with Crippen LogP contribution in [0.3, 0.4) is 0 Å². The number of anilines is 1. The van der Waals surface area contributed by atoms with Crippen LogP contribution in [0.15, 0.2) is 12.4 Å². The second kappa shape index (κ2) is 7.19. The molecule has 1 aliphatic heterocycles. The molecule has 0 saturated carbocycles. The first-order valence-electron chi connectivity index (χ1n) is 7.08. The summed E-state index contributed by atoms with van der Waals surface area (Å²) in [5.41, 5.74) is 1.00. The highest BCUT2D eigenvalue weighted by Crippen LogP contribution is 2.13. The van der Waals surface area contributed by atoms with Crippen LogP contribution in [0.1, 0.15) is 31.9 Å². The Morgan fingerprint density at radius 1 is 1.40 bits per heavy atom. The minimum absolute atomic E-state index is 0.166. The van der Waals surface area contributed by atoms with Gasteiger partial charge in [-0.25, -0.2) is 9.97 Å². The monoisotopic (exact) mass is 278 g/mol. The van der Waals surface area contributed by atoms with Crippen LogP contribution in [0.4, 0.5) is 5.82 Å². The Bertz CT molecular complexity index is 445. The van der Waals surface area contributed by atoms with Crippen LogP contribution < -0.4 is 5.32 Å². The van der Waals surface area contributed by atoms with Gasteiger partial charge >= 0.3 is 0 Å². The molecular weight excluding hydrogens is 256 g/mol. The number of rotatable bonds is 5. The van der Waals surface area contributed by atoms with E-state index in [2.05, 4.69) is 29.1 Å². The van der Waals surface area contributed by atoms with Gasteiger partial charge < -0.3 is 15.0 Å². The molecule has 2 heterocycles. The number of carbonyl (C=O) groups excluding carboxylic acids is 1. The molecule has 6 heteroatoms. The smallest absolute Gasteiger partial charge is 0.224 e. The molecule has 1 amide bonds. The van der Waals surface area contributed by atoms with Crippen molar-refractivity contribution in [2.24, 2.45) is 0 Å². The van der Waals surface area contributed by atoms with Crippen LogP contribution in [-0.2, 0) is 9.53 Å². The van der Waals surface area contributed by atoms with Gasteiger partial charge in [0.2, 0.25) is 5.91 Å². The summed E-state index contributed by atoms with van der Waals surface area (Å²) in [6.07, 6.45) is 2.03. The van der Waals surface area contributed by atoms with Crippen LogP contribution >= 0.6 is 0 Å². The molecule has 1 aromatic heterocycles. The molecule has 1 fully saturated rings. The third kappa shape index (κ3) is 4.16. The van der Waals surface area contributed by atoms with E-state index in [9.17, 15) is 4.79 Å². The van der Waals surface area contributed by atoms with Gasteiger partial charge in [-0.15, -0.1) is 0 Å². The van der Waals surface area contributed by atoms with Crippen LogP contribution in [0, 0.1) is 0 Å². The van der Waals surface area contributed by atoms with Crippen molar-refractivity contribution in [2.75, 3.05) is 38.2 Å². The summed E-state index contributed by atoms with van der Waals surface area (Å²) >= 11 is 0. The standard InChI is InChI=1S/C14H22N4O2/c1-11(2)12-9-13(17-10-16-12)15-4-3-14(19)18-5-7-20-8-6-18/h9-11H,3-8H2,1-2H3,(H,15,16,17). The SMILES string of the molecule is CC(C)c1cc(NCCC(=O)N2CCOCC2)ncn1. The lowest BCUT2D eigenvalue weighted by Crippen LogP contribution is -2.41. The zero-order valence-electron chi connectivity index (χ0n) is 12.1. The fourth-order valence-electron chi connectivity index (χ4n) is 2.05. The highest BCUT2D eigenvalue weighted by molar-refractivity contribution is 5.76. The van der Waals surface area contributed by atoms with Gasteiger partial charge in [0, 0.05) is 37.8 Å². The predicted molar refractivity (Wildman–Crippen MR) is 76.6 cm³/mol. The van der Waals surface area contributed by atoms with Crippen LogP contribution in [0.2, 0.25) is 0 Å². The van der Waals surface area contributed by atoms with Gasteiger partial charge in [-0.05, 0) is 5.92 Å². The highest BCUT2D eigenvalue weighted by Gasteiger charge is 2.16. The molecule has 1 N–H and O–H groups in total. The van der Waals surface area contributed by atoms with E-state index in [1.165, 1.54) is 0 Å². The number of aromatic nitrogens is 2. The first-order chi connectivity index (χ1) is 9.66. The summed E-state index contributed by atoms with van der Waals surface area (Å²) in [7, 11) is 0. The van der Waals surface area contributed by atoms with E-state index in [0.717, 1.165) is 11.5 Å². The number of morpholine rings is 1. The van der Waals surface area contributed by atoms with Gasteiger partial charge in [-0.3, -0.25) is 4.79 Å². The molecule has 0 atom stereocenters. The molecule has 2 rings (SSSR count). The van der Waals surface area contributed by atoms with Crippen molar-refractivity contribution < 1.29 is 9.53 Å². The summed E-state index contributed by atoms with van der Waals surface area (Å²) in [6.45, 7) is 7.45. The quantitative estimate of drug-likeness (QED) is 0.878. The molecule has 20 heavy (non-hydrogen) atoms. The Labute approximate surface area is 119 Å². The summed E-state index contributed by atoms with van der Waals surface area (Å²) in [4.78, 5) is 22.2. The van der Waals surface area contributed by atoms with E-state index >= 15 is 0 Å². The highest BCUT2D eigenvalue weighted by atomic mass is 16.5. The van der Waals surface area contributed by atoms with Gasteiger partial charge in [0.15, 0.2) is 0 Å². The number of nitrogens with one attached hydrogen (secondary N) is 1. The van der Waals surface area contributed by atoms with Gasteiger partial charge in [0.1, 0.15) is 12.1 Å². The zero-order valence-corrected chi connectivity index (χ0v) is 12.1. The summed E-state index contributed by atoms with van der Waals surface area (Å²) < 4.78 is 5.23. The van der Waals surface area contributed by atoms with E-state index in [4.69, 9.17) is 4.74 Å². The number of nitrogens with zero attached hydrogens (tertiary/aromatic N) is 3. The summed E-state index contributed by atoms with van der Waals surface area (Å²) in [6, 6.07) is 1.93. The minimum Gasteiger partial charge on any atom is -0.378 e. The number of hydrogen-bond acceptors (Lipinski definition) is 5. The van der Waals surface area contributed by atoms with E-state index in [0.29, 0.717) is 45.2 Å². The van der Waals surface area contributed by atoms with E-state index in [1.54, 1.807) is 6.33 Å². The van der Waals surface area contributed by atoms with Gasteiger partial charge in [0.05, 0.1) is 13.2 Å². The minimum atomic E-state index is 0.166. The number of amides is 1. The third-order valence-electron chi connectivity index (χ3n) is 3.29. The topological polar surface area (TPSA) is 67.4 Å². The number of carbonyl (C=O) groups is 1. The van der Waals surface area contributed by atoms with Gasteiger partial charge in [-0.1, -0.05) is 13.8 Å². The first-order valence-corrected chi connectivity index (χ1v) is 7.08. The summed E-state index contributed by atoms with van der Waals surface area (Å²) in [5, 5.41) is 3.18. The molecular formula is C14H22N4O2. The third-order valence-corrected chi connectivity index (χ3v) is 3.29. The lowest BCUT2D eigenvalue weighted by molar-refractivity contribution is -0.134. The Morgan fingerprint density at radius 3 is 2.85 bits per heavy atom. The van der Waals surface area contributed by atoms with Crippen molar-refractivity contribution in [3.05, 3.63) is 18.1 Å². The molecule has 1 aliphatic rings. The van der Waals surface area contributed by atoms with Crippen molar-refractivity contribution in [2.45, 2.75) is 26.2 Å². The van der Waals surface area contributed by atoms with E-state index in [-0.39, 0.29) is 5.91 Å². The molecule has 1 aromatic rings. The van der Waals surface area contributed by atoms with Gasteiger partial charge in [0.25, 0.3) is 0 Å². The second-order valence-electron chi connectivity index (χ2n) is 5.15. The fraction of sp³-hybridized carbons (Fsp3) is 0.643. The van der Waals surface area contributed by atoms with Crippen molar-refractivity contribution in [3.63, 3.8) is 0 Å². The summed E-state index contributed by atoms with van der Waals surface area (Å²) in [5.74, 6) is 1.31. The normalized spacial score (nSPS) is 15.4.